The van der Waals surface area contributed by atoms with E-state index >= 15 is 0 Å². The lowest BCUT2D eigenvalue weighted by atomic mass is 10.5. The Bertz CT molecular complexity index is 422. The van der Waals surface area contributed by atoms with Crippen molar-refractivity contribution in [3.05, 3.63) is 0 Å². The molecule has 0 atom stereocenters. The van der Waals surface area contributed by atoms with Crippen LogP contribution in [0.5, 0.6) is 0 Å². The van der Waals surface area contributed by atoms with Gasteiger partial charge in [0, 0.05) is 27.2 Å². The Morgan fingerprint density at radius 2 is 1.68 bits per heavy atom. The molecule has 0 saturated carbocycles. The van der Waals surface area contributed by atoms with Crippen LogP contribution in [0.1, 0.15) is 13.8 Å². The number of likely N-dealkylation sites (N-methyl/N-ethyl adjacent to an activating group) is 1. The molecule has 106 valence electrons. The van der Waals surface area contributed by atoms with Crippen LogP contribution < -0.4 is 20.9 Å². The van der Waals surface area contributed by atoms with E-state index in [1.54, 1.807) is 4.90 Å². The normalized spacial score (nSPS) is 9.89. The zero-order chi connectivity index (χ0) is 14.3. The molecule has 1 heterocycles. The SMILES string of the molecule is CCNC(=O)CNc1nc(NCC)nc(N(C)C)n1. The number of amides is 1. The monoisotopic (exact) mass is 267 g/mol. The summed E-state index contributed by atoms with van der Waals surface area (Å²) >= 11 is 0. The molecule has 0 saturated heterocycles. The molecule has 0 unspecified atom stereocenters. The summed E-state index contributed by atoms with van der Waals surface area (Å²) in [4.78, 5) is 25.8. The summed E-state index contributed by atoms with van der Waals surface area (Å²) in [7, 11) is 3.69. The molecule has 0 radical (unpaired) electrons. The van der Waals surface area contributed by atoms with Crippen LogP contribution in [0.2, 0.25) is 0 Å². The van der Waals surface area contributed by atoms with Crippen LogP contribution in [0, 0.1) is 0 Å². The highest BCUT2D eigenvalue weighted by molar-refractivity contribution is 5.80. The molecule has 0 fully saturated rings. The Hall–Kier alpha value is -2.12. The zero-order valence-electron chi connectivity index (χ0n) is 11.8. The van der Waals surface area contributed by atoms with Gasteiger partial charge in [-0.1, -0.05) is 0 Å². The van der Waals surface area contributed by atoms with Crippen LogP contribution in [-0.2, 0) is 4.79 Å². The number of hydrogen-bond acceptors (Lipinski definition) is 7. The summed E-state index contributed by atoms with van der Waals surface area (Å²) in [6.45, 7) is 5.28. The fraction of sp³-hybridized carbons (Fsp3) is 0.636. The highest BCUT2D eigenvalue weighted by Gasteiger charge is 2.08. The molecule has 0 aromatic carbocycles. The molecule has 0 aliphatic rings. The number of nitrogens with zero attached hydrogens (tertiary/aromatic N) is 4. The highest BCUT2D eigenvalue weighted by Crippen LogP contribution is 2.10. The molecule has 8 heteroatoms. The molecule has 0 bridgehead atoms. The number of nitrogens with one attached hydrogen (secondary N) is 3. The summed E-state index contributed by atoms with van der Waals surface area (Å²) in [6, 6.07) is 0. The Morgan fingerprint density at radius 3 is 2.21 bits per heavy atom. The van der Waals surface area contributed by atoms with Gasteiger partial charge in [-0.3, -0.25) is 4.79 Å². The molecule has 0 aliphatic heterocycles. The second-order valence-electron chi connectivity index (χ2n) is 4.01. The minimum absolute atomic E-state index is 0.0979. The number of anilines is 3. The molecule has 8 nitrogen and oxygen atoms in total. The fourth-order valence-electron chi connectivity index (χ4n) is 1.30. The van der Waals surface area contributed by atoms with Crippen LogP contribution in [0.15, 0.2) is 0 Å². The topological polar surface area (TPSA) is 95.1 Å². The molecule has 1 aromatic rings. The first-order chi connectivity index (χ1) is 9.06. The number of rotatable bonds is 7. The second-order valence-corrected chi connectivity index (χ2v) is 4.01. The van der Waals surface area contributed by atoms with Gasteiger partial charge >= 0.3 is 0 Å². The number of carbonyl (C=O) groups excluding carboxylic acids is 1. The van der Waals surface area contributed by atoms with E-state index in [9.17, 15) is 4.79 Å². The molecule has 1 amide bonds. The third-order valence-electron chi connectivity index (χ3n) is 2.14. The van der Waals surface area contributed by atoms with Crippen LogP contribution >= 0.6 is 0 Å². The lowest BCUT2D eigenvalue weighted by molar-refractivity contribution is -0.119. The Balaban J connectivity index is 2.78. The minimum atomic E-state index is -0.0979. The Morgan fingerprint density at radius 1 is 1.05 bits per heavy atom. The van der Waals surface area contributed by atoms with Crippen molar-refractivity contribution in [3.8, 4) is 0 Å². The molecule has 3 N–H and O–H groups in total. The zero-order valence-corrected chi connectivity index (χ0v) is 11.8. The molecular weight excluding hydrogens is 246 g/mol. The van der Waals surface area contributed by atoms with Crippen LogP contribution in [0.25, 0.3) is 0 Å². The fourth-order valence-corrected chi connectivity index (χ4v) is 1.30. The van der Waals surface area contributed by atoms with Crippen LogP contribution in [0.4, 0.5) is 17.8 Å². The lowest BCUT2D eigenvalue weighted by Crippen LogP contribution is -2.30. The van der Waals surface area contributed by atoms with Crippen molar-refractivity contribution in [3.63, 3.8) is 0 Å². The van der Waals surface area contributed by atoms with E-state index in [1.165, 1.54) is 0 Å². The molecule has 19 heavy (non-hydrogen) atoms. The largest absolute Gasteiger partial charge is 0.355 e. The van der Waals surface area contributed by atoms with Gasteiger partial charge in [-0.15, -0.1) is 0 Å². The second kappa shape index (κ2) is 7.34. The van der Waals surface area contributed by atoms with E-state index in [1.807, 2.05) is 27.9 Å². The summed E-state index contributed by atoms with van der Waals surface area (Å²) in [5, 5.41) is 8.60. The van der Waals surface area contributed by atoms with E-state index in [2.05, 4.69) is 30.9 Å². The minimum Gasteiger partial charge on any atom is -0.355 e. The molecular formula is C11H21N7O. The van der Waals surface area contributed by atoms with Gasteiger partial charge in [0.1, 0.15) is 0 Å². The predicted octanol–water partition coefficient (Wildman–Crippen LogP) is -0.0826. The van der Waals surface area contributed by atoms with E-state index < -0.39 is 0 Å². The molecule has 1 rings (SSSR count). The average Bonchev–Trinajstić information content (AvgIpc) is 2.37. The van der Waals surface area contributed by atoms with E-state index in [0.717, 1.165) is 0 Å². The van der Waals surface area contributed by atoms with Gasteiger partial charge in [-0.05, 0) is 13.8 Å². The van der Waals surface area contributed by atoms with E-state index in [-0.39, 0.29) is 12.5 Å². The van der Waals surface area contributed by atoms with Crippen molar-refractivity contribution in [2.45, 2.75) is 13.8 Å². The maximum Gasteiger partial charge on any atom is 0.239 e. The van der Waals surface area contributed by atoms with Gasteiger partial charge in [0.25, 0.3) is 0 Å². The van der Waals surface area contributed by atoms with Gasteiger partial charge in [0.2, 0.25) is 23.8 Å². The van der Waals surface area contributed by atoms with Crippen molar-refractivity contribution in [1.29, 1.82) is 0 Å². The molecule has 0 spiro atoms. The number of aromatic nitrogens is 3. The Kier molecular flexibility index (Phi) is 5.77. The van der Waals surface area contributed by atoms with Gasteiger partial charge in [0.15, 0.2) is 0 Å². The third kappa shape index (κ3) is 4.94. The van der Waals surface area contributed by atoms with E-state index in [0.29, 0.717) is 30.9 Å². The standard InChI is InChI=1S/C11H21N7O/c1-5-12-8(19)7-14-10-15-9(13-6-2)16-11(17-10)18(3)4/h5-7H2,1-4H3,(H,12,19)(H2,13,14,15,16,17). The first-order valence-corrected chi connectivity index (χ1v) is 6.24. The summed E-state index contributed by atoms with van der Waals surface area (Å²) in [6.07, 6.45) is 0. The van der Waals surface area contributed by atoms with Crippen molar-refractivity contribution < 1.29 is 4.79 Å². The Labute approximate surface area is 113 Å². The quantitative estimate of drug-likeness (QED) is 0.636. The summed E-state index contributed by atoms with van der Waals surface area (Å²) in [5.41, 5.74) is 0. The highest BCUT2D eigenvalue weighted by atomic mass is 16.1. The lowest BCUT2D eigenvalue weighted by Gasteiger charge is -2.13. The maximum absolute atomic E-state index is 11.4. The number of carbonyl (C=O) groups is 1. The van der Waals surface area contributed by atoms with Crippen LogP contribution in [-0.4, -0.2) is 54.6 Å². The van der Waals surface area contributed by atoms with Gasteiger partial charge in [-0.2, -0.15) is 15.0 Å². The first kappa shape index (κ1) is 14.9. The first-order valence-electron chi connectivity index (χ1n) is 6.24. The van der Waals surface area contributed by atoms with E-state index in [4.69, 9.17) is 0 Å². The van der Waals surface area contributed by atoms with Gasteiger partial charge < -0.3 is 20.9 Å². The van der Waals surface area contributed by atoms with Gasteiger partial charge in [0.05, 0.1) is 6.54 Å². The van der Waals surface area contributed by atoms with Crippen LogP contribution in [0.3, 0.4) is 0 Å². The average molecular weight is 267 g/mol. The van der Waals surface area contributed by atoms with Crippen molar-refractivity contribution in [2.75, 3.05) is 49.3 Å². The third-order valence-corrected chi connectivity index (χ3v) is 2.14. The summed E-state index contributed by atoms with van der Waals surface area (Å²) < 4.78 is 0. The molecule has 0 aliphatic carbocycles. The number of hydrogen-bond donors (Lipinski definition) is 3. The molecule has 1 aromatic heterocycles. The smallest absolute Gasteiger partial charge is 0.239 e. The predicted molar refractivity (Wildman–Crippen MR) is 75.5 cm³/mol. The van der Waals surface area contributed by atoms with Crippen molar-refractivity contribution in [2.24, 2.45) is 0 Å². The summed E-state index contributed by atoms with van der Waals surface area (Å²) in [5.74, 6) is 1.30. The van der Waals surface area contributed by atoms with Gasteiger partial charge in [-0.25, -0.2) is 0 Å². The maximum atomic E-state index is 11.4. The van der Waals surface area contributed by atoms with Crippen molar-refractivity contribution >= 4 is 23.8 Å². The van der Waals surface area contributed by atoms with Crippen molar-refractivity contribution in [1.82, 2.24) is 20.3 Å².